The summed E-state index contributed by atoms with van der Waals surface area (Å²) < 4.78 is 5.30. The molecule has 0 aliphatic rings. The van der Waals surface area contributed by atoms with Crippen molar-refractivity contribution in [3.05, 3.63) is 59.4 Å². The smallest absolute Gasteiger partial charge is 0.337 e. The minimum absolute atomic E-state index is 0.202. The Balaban J connectivity index is 1.80. The van der Waals surface area contributed by atoms with Gasteiger partial charge in [-0.3, -0.25) is 4.98 Å². The first-order valence-corrected chi connectivity index (χ1v) is 6.71. The van der Waals surface area contributed by atoms with Gasteiger partial charge in [-0.15, -0.1) is 0 Å². The first-order valence-electron chi connectivity index (χ1n) is 6.71. The monoisotopic (exact) mass is 286 g/mol. The van der Waals surface area contributed by atoms with E-state index in [1.807, 2.05) is 24.3 Å². The third-order valence-electron chi connectivity index (χ3n) is 3.14. The zero-order chi connectivity index (χ0) is 15.1. The lowest BCUT2D eigenvalue weighted by Crippen LogP contribution is -2.17. The number of nitrogens with one attached hydrogen (secondary N) is 1. The SMILES string of the molecule is COc1ccccc1CCNCc1ccc(C(=O)O)cn1. The summed E-state index contributed by atoms with van der Waals surface area (Å²) in [6, 6.07) is 11.2. The summed E-state index contributed by atoms with van der Waals surface area (Å²) in [5, 5.41) is 12.1. The summed E-state index contributed by atoms with van der Waals surface area (Å²) in [6.07, 6.45) is 2.23. The molecule has 5 heteroatoms. The van der Waals surface area contributed by atoms with E-state index in [0.717, 1.165) is 30.0 Å². The highest BCUT2D eigenvalue weighted by molar-refractivity contribution is 5.87. The van der Waals surface area contributed by atoms with E-state index < -0.39 is 5.97 Å². The third kappa shape index (κ3) is 4.29. The predicted molar refractivity (Wildman–Crippen MR) is 79.6 cm³/mol. The molecule has 2 rings (SSSR count). The first kappa shape index (κ1) is 15.0. The van der Waals surface area contributed by atoms with Crippen molar-refractivity contribution in [3.8, 4) is 5.75 Å². The largest absolute Gasteiger partial charge is 0.496 e. The maximum absolute atomic E-state index is 10.7. The van der Waals surface area contributed by atoms with E-state index in [4.69, 9.17) is 9.84 Å². The number of carbonyl (C=O) groups is 1. The molecule has 0 aliphatic carbocycles. The van der Waals surface area contributed by atoms with Crippen LogP contribution in [-0.2, 0) is 13.0 Å². The van der Waals surface area contributed by atoms with E-state index in [1.165, 1.54) is 6.20 Å². The normalized spacial score (nSPS) is 10.3. The predicted octanol–water partition coefficient (Wildman–Crippen LogP) is 2.12. The number of carboxylic acid groups (broad SMARTS) is 1. The fourth-order valence-corrected chi connectivity index (χ4v) is 2.00. The number of benzene rings is 1. The lowest BCUT2D eigenvalue weighted by atomic mass is 10.1. The molecule has 5 nitrogen and oxygen atoms in total. The Morgan fingerprint density at radius 2 is 2.10 bits per heavy atom. The number of rotatable bonds is 7. The van der Waals surface area contributed by atoms with Gasteiger partial charge in [0.1, 0.15) is 5.75 Å². The van der Waals surface area contributed by atoms with Crippen LogP contribution in [0, 0.1) is 0 Å². The van der Waals surface area contributed by atoms with Gasteiger partial charge in [0.05, 0.1) is 18.4 Å². The summed E-state index contributed by atoms with van der Waals surface area (Å²) in [4.78, 5) is 14.8. The zero-order valence-electron chi connectivity index (χ0n) is 11.9. The van der Waals surface area contributed by atoms with Crippen LogP contribution in [0.2, 0.25) is 0 Å². The minimum atomic E-state index is -0.960. The Labute approximate surface area is 123 Å². The van der Waals surface area contributed by atoms with Crippen molar-refractivity contribution in [1.82, 2.24) is 10.3 Å². The van der Waals surface area contributed by atoms with Crippen LogP contribution < -0.4 is 10.1 Å². The standard InChI is InChI=1S/C16H18N2O3/c1-21-15-5-3-2-4-12(15)8-9-17-11-14-7-6-13(10-18-14)16(19)20/h2-7,10,17H,8-9,11H2,1H3,(H,19,20). The second-order valence-corrected chi connectivity index (χ2v) is 4.58. The van der Waals surface area contributed by atoms with Crippen molar-refractivity contribution in [3.63, 3.8) is 0 Å². The number of hydrogen-bond donors (Lipinski definition) is 2. The number of hydrogen-bond acceptors (Lipinski definition) is 4. The first-order chi connectivity index (χ1) is 10.2. The number of carboxylic acids is 1. The van der Waals surface area contributed by atoms with Crippen molar-refractivity contribution >= 4 is 5.97 Å². The molecule has 1 aromatic carbocycles. The fraction of sp³-hybridized carbons (Fsp3) is 0.250. The summed E-state index contributed by atoms with van der Waals surface area (Å²) in [7, 11) is 1.67. The van der Waals surface area contributed by atoms with E-state index in [1.54, 1.807) is 19.2 Å². The molecular formula is C16H18N2O3. The number of methoxy groups -OCH3 is 1. The highest BCUT2D eigenvalue weighted by Gasteiger charge is 2.03. The highest BCUT2D eigenvalue weighted by Crippen LogP contribution is 2.17. The molecule has 21 heavy (non-hydrogen) atoms. The molecule has 0 radical (unpaired) electrons. The summed E-state index contributed by atoms with van der Waals surface area (Å²) >= 11 is 0. The summed E-state index contributed by atoms with van der Waals surface area (Å²) in [5.74, 6) is -0.0681. The molecule has 0 amide bonds. The summed E-state index contributed by atoms with van der Waals surface area (Å²) in [6.45, 7) is 1.40. The number of aromatic nitrogens is 1. The lowest BCUT2D eigenvalue weighted by molar-refractivity contribution is 0.0696. The molecule has 110 valence electrons. The highest BCUT2D eigenvalue weighted by atomic mass is 16.5. The second-order valence-electron chi connectivity index (χ2n) is 4.58. The van der Waals surface area contributed by atoms with E-state index in [-0.39, 0.29) is 5.56 Å². The average molecular weight is 286 g/mol. The van der Waals surface area contributed by atoms with Crippen LogP contribution in [0.4, 0.5) is 0 Å². The number of ether oxygens (including phenoxy) is 1. The number of pyridine rings is 1. The van der Waals surface area contributed by atoms with Gasteiger partial charge in [0.15, 0.2) is 0 Å². The maximum Gasteiger partial charge on any atom is 0.337 e. The van der Waals surface area contributed by atoms with E-state index >= 15 is 0 Å². The molecule has 0 fully saturated rings. The van der Waals surface area contributed by atoms with Crippen LogP contribution in [-0.4, -0.2) is 29.7 Å². The van der Waals surface area contributed by atoms with E-state index in [0.29, 0.717) is 6.54 Å². The van der Waals surface area contributed by atoms with E-state index in [9.17, 15) is 4.79 Å². The van der Waals surface area contributed by atoms with Crippen LogP contribution >= 0.6 is 0 Å². The lowest BCUT2D eigenvalue weighted by Gasteiger charge is -2.08. The van der Waals surface area contributed by atoms with Gasteiger partial charge in [-0.1, -0.05) is 18.2 Å². The molecule has 0 atom stereocenters. The minimum Gasteiger partial charge on any atom is -0.496 e. The Hall–Kier alpha value is -2.40. The maximum atomic E-state index is 10.7. The number of nitrogens with zero attached hydrogens (tertiary/aromatic N) is 1. The van der Waals surface area contributed by atoms with Crippen LogP contribution in [0.1, 0.15) is 21.6 Å². The Kier molecular flexibility index (Phi) is 5.29. The van der Waals surface area contributed by atoms with Gasteiger partial charge in [0.2, 0.25) is 0 Å². The van der Waals surface area contributed by atoms with Crippen LogP contribution in [0.15, 0.2) is 42.6 Å². The van der Waals surface area contributed by atoms with Crippen molar-refractivity contribution in [1.29, 1.82) is 0 Å². The molecule has 0 aliphatic heterocycles. The molecule has 2 aromatic rings. The second kappa shape index (κ2) is 7.40. The molecule has 0 saturated heterocycles. The fourth-order valence-electron chi connectivity index (χ4n) is 2.00. The van der Waals surface area contributed by atoms with Crippen LogP contribution in [0.3, 0.4) is 0 Å². The number of para-hydroxylation sites is 1. The molecule has 0 bridgehead atoms. The van der Waals surface area contributed by atoms with Gasteiger partial charge in [-0.05, 0) is 36.7 Å². The van der Waals surface area contributed by atoms with Gasteiger partial charge in [-0.2, -0.15) is 0 Å². The van der Waals surface area contributed by atoms with Gasteiger partial charge in [0.25, 0.3) is 0 Å². The molecular weight excluding hydrogens is 268 g/mol. The third-order valence-corrected chi connectivity index (χ3v) is 3.14. The molecule has 1 aromatic heterocycles. The molecule has 2 N–H and O–H groups in total. The van der Waals surface area contributed by atoms with Gasteiger partial charge in [0, 0.05) is 12.7 Å². The Morgan fingerprint density at radius 1 is 1.29 bits per heavy atom. The van der Waals surface area contributed by atoms with Gasteiger partial charge >= 0.3 is 5.97 Å². The van der Waals surface area contributed by atoms with Crippen LogP contribution in [0.25, 0.3) is 0 Å². The van der Waals surface area contributed by atoms with Crippen molar-refractivity contribution in [2.24, 2.45) is 0 Å². The zero-order valence-corrected chi connectivity index (χ0v) is 11.9. The van der Waals surface area contributed by atoms with E-state index in [2.05, 4.69) is 10.3 Å². The Morgan fingerprint density at radius 3 is 2.76 bits per heavy atom. The Bertz CT molecular complexity index is 597. The quantitative estimate of drug-likeness (QED) is 0.763. The average Bonchev–Trinajstić information content (AvgIpc) is 2.52. The van der Waals surface area contributed by atoms with Crippen molar-refractivity contribution in [2.45, 2.75) is 13.0 Å². The van der Waals surface area contributed by atoms with Gasteiger partial charge in [-0.25, -0.2) is 4.79 Å². The topological polar surface area (TPSA) is 71.5 Å². The molecule has 0 saturated carbocycles. The molecule has 0 spiro atoms. The number of aromatic carboxylic acids is 1. The van der Waals surface area contributed by atoms with Crippen molar-refractivity contribution < 1.29 is 14.6 Å². The van der Waals surface area contributed by atoms with Gasteiger partial charge < -0.3 is 15.2 Å². The van der Waals surface area contributed by atoms with Crippen LogP contribution in [0.5, 0.6) is 5.75 Å². The van der Waals surface area contributed by atoms with Crippen molar-refractivity contribution in [2.75, 3.05) is 13.7 Å². The molecule has 1 heterocycles. The molecule has 0 unspecified atom stereocenters. The summed E-state index contributed by atoms with van der Waals surface area (Å²) in [5.41, 5.74) is 2.18.